The maximum absolute atomic E-state index is 5.98. The third-order valence-corrected chi connectivity index (χ3v) is 4.11. The summed E-state index contributed by atoms with van der Waals surface area (Å²) in [6, 6.07) is 5.77. The van der Waals surface area contributed by atoms with Gasteiger partial charge in [-0.05, 0) is 31.0 Å². The summed E-state index contributed by atoms with van der Waals surface area (Å²) in [4.78, 5) is 10.6. The van der Waals surface area contributed by atoms with Crippen LogP contribution in [0.25, 0.3) is 0 Å². The normalized spacial score (nSPS) is 26.2. The Morgan fingerprint density at radius 1 is 1.38 bits per heavy atom. The number of fused-ring (bicyclic) bond motifs is 2. The Morgan fingerprint density at radius 2 is 2.24 bits per heavy atom. The average molecular weight is 356 g/mol. The lowest BCUT2D eigenvalue weighted by atomic mass is 9.96. The number of hydrogen-bond donors (Lipinski definition) is 1. The van der Waals surface area contributed by atoms with Gasteiger partial charge in [0.25, 0.3) is 0 Å². The Hall–Kier alpha value is -1.31. The SMILES string of the molecule is CN1OC2(CCCCOCOc3ccc(Br)cc32)N=C1N. The number of halogens is 1. The van der Waals surface area contributed by atoms with E-state index in [-0.39, 0.29) is 6.79 Å². The maximum atomic E-state index is 5.98. The molecule has 1 aromatic rings. The number of guanidine groups is 1. The molecule has 2 aliphatic heterocycles. The Kier molecular flexibility index (Phi) is 4.05. The van der Waals surface area contributed by atoms with Gasteiger partial charge in [-0.15, -0.1) is 0 Å². The van der Waals surface area contributed by atoms with Crippen LogP contribution >= 0.6 is 15.9 Å². The molecule has 1 spiro atoms. The van der Waals surface area contributed by atoms with Crippen LogP contribution in [0.2, 0.25) is 0 Å². The van der Waals surface area contributed by atoms with E-state index in [0.29, 0.717) is 24.7 Å². The van der Waals surface area contributed by atoms with Crippen LogP contribution in [-0.2, 0) is 15.3 Å². The third kappa shape index (κ3) is 2.86. The van der Waals surface area contributed by atoms with E-state index < -0.39 is 5.72 Å². The Balaban J connectivity index is 2.08. The zero-order valence-corrected chi connectivity index (χ0v) is 13.4. The highest BCUT2D eigenvalue weighted by atomic mass is 79.9. The molecule has 1 unspecified atom stereocenters. The van der Waals surface area contributed by atoms with Crippen molar-refractivity contribution in [1.82, 2.24) is 5.06 Å². The number of rotatable bonds is 0. The van der Waals surface area contributed by atoms with Crippen LogP contribution in [0, 0.1) is 0 Å². The second kappa shape index (κ2) is 5.82. The summed E-state index contributed by atoms with van der Waals surface area (Å²) in [6.45, 7) is 0.886. The van der Waals surface area contributed by atoms with E-state index in [0.717, 1.165) is 22.9 Å². The van der Waals surface area contributed by atoms with Crippen molar-refractivity contribution in [3.63, 3.8) is 0 Å². The minimum Gasteiger partial charge on any atom is -0.467 e. The lowest BCUT2D eigenvalue weighted by molar-refractivity contribution is -0.178. The number of aliphatic imine (C=N–C) groups is 1. The number of hydrogen-bond acceptors (Lipinski definition) is 6. The van der Waals surface area contributed by atoms with Gasteiger partial charge >= 0.3 is 0 Å². The number of benzene rings is 1. The second-order valence-electron chi connectivity index (χ2n) is 5.11. The lowest BCUT2D eigenvalue weighted by Gasteiger charge is -2.29. The van der Waals surface area contributed by atoms with Gasteiger partial charge in [0.2, 0.25) is 11.7 Å². The molecule has 2 heterocycles. The van der Waals surface area contributed by atoms with Crippen LogP contribution < -0.4 is 10.5 Å². The van der Waals surface area contributed by atoms with Crippen molar-refractivity contribution in [3.8, 4) is 5.75 Å². The molecule has 114 valence electrons. The third-order valence-electron chi connectivity index (χ3n) is 3.62. The second-order valence-corrected chi connectivity index (χ2v) is 6.03. The predicted molar refractivity (Wildman–Crippen MR) is 81.6 cm³/mol. The van der Waals surface area contributed by atoms with Crippen LogP contribution in [-0.4, -0.2) is 31.5 Å². The summed E-state index contributed by atoms with van der Waals surface area (Å²) in [7, 11) is 1.76. The van der Waals surface area contributed by atoms with Gasteiger partial charge in [0.05, 0.1) is 12.2 Å². The van der Waals surface area contributed by atoms with Crippen LogP contribution in [0.1, 0.15) is 24.8 Å². The quantitative estimate of drug-likeness (QED) is 0.773. The molecule has 0 bridgehead atoms. The van der Waals surface area contributed by atoms with Crippen LogP contribution in [0.15, 0.2) is 27.7 Å². The van der Waals surface area contributed by atoms with Crippen molar-refractivity contribution in [2.24, 2.45) is 10.7 Å². The van der Waals surface area contributed by atoms with Crippen molar-refractivity contribution in [2.75, 3.05) is 20.4 Å². The Morgan fingerprint density at radius 3 is 3.00 bits per heavy atom. The summed E-state index contributed by atoms with van der Waals surface area (Å²) in [5.74, 6) is 1.07. The van der Waals surface area contributed by atoms with Crippen molar-refractivity contribution in [2.45, 2.75) is 25.0 Å². The van der Waals surface area contributed by atoms with E-state index in [2.05, 4.69) is 20.9 Å². The summed E-state index contributed by atoms with van der Waals surface area (Å²) < 4.78 is 12.1. The molecule has 0 amide bonds. The summed E-state index contributed by atoms with van der Waals surface area (Å²) >= 11 is 3.50. The summed E-state index contributed by atoms with van der Waals surface area (Å²) in [5, 5.41) is 1.51. The standard InChI is InChI=1S/C14H18BrN3O3/c1-18-13(16)17-14(21-18)6-2-3-7-19-9-20-12-5-4-10(15)8-11(12)14/h4-5,8H,2-3,6-7,9H2,1H3,(H2,16,17). The molecule has 0 fully saturated rings. The van der Waals surface area contributed by atoms with Gasteiger partial charge in [0.15, 0.2) is 6.79 Å². The average Bonchev–Trinajstić information content (AvgIpc) is 2.75. The molecule has 21 heavy (non-hydrogen) atoms. The van der Waals surface area contributed by atoms with Crippen LogP contribution in [0.5, 0.6) is 5.75 Å². The van der Waals surface area contributed by atoms with E-state index in [9.17, 15) is 0 Å². The fraction of sp³-hybridized carbons (Fsp3) is 0.500. The highest BCUT2D eigenvalue weighted by Crippen LogP contribution is 2.43. The number of nitrogens with two attached hydrogens (primary N) is 1. The van der Waals surface area contributed by atoms with E-state index in [4.69, 9.17) is 20.0 Å². The van der Waals surface area contributed by atoms with Crippen LogP contribution in [0.3, 0.4) is 0 Å². The van der Waals surface area contributed by atoms with Gasteiger partial charge < -0.3 is 15.2 Å². The molecule has 0 saturated carbocycles. The molecule has 0 saturated heterocycles. The fourth-order valence-electron chi connectivity index (χ4n) is 2.56. The largest absolute Gasteiger partial charge is 0.467 e. The Bertz CT molecular complexity index is 566. The molecule has 1 aromatic carbocycles. The number of nitrogens with zero attached hydrogens (tertiary/aromatic N) is 2. The van der Waals surface area contributed by atoms with Gasteiger partial charge in [-0.2, -0.15) is 0 Å². The molecule has 1 atom stereocenters. The molecular formula is C14H18BrN3O3. The van der Waals surface area contributed by atoms with E-state index in [1.807, 2.05) is 18.2 Å². The number of hydroxylamine groups is 2. The highest BCUT2D eigenvalue weighted by molar-refractivity contribution is 9.10. The first-order valence-corrected chi connectivity index (χ1v) is 7.69. The first-order chi connectivity index (χ1) is 10.1. The van der Waals surface area contributed by atoms with Crippen molar-refractivity contribution in [3.05, 3.63) is 28.2 Å². The van der Waals surface area contributed by atoms with Gasteiger partial charge in [-0.25, -0.2) is 14.9 Å². The first-order valence-electron chi connectivity index (χ1n) is 6.89. The maximum Gasteiger partial charge on any atom is 0.218 e. The van der Waals surface area contributed by atoms with E-state index >= 15 is 0 Å². The minimum absolute atomic E-state index is 0.222. The zero-order chi connectivity index (χ0) is 14.9. The first kappa shape index (κ1) is 14.6. The van der Waals surface area contributed by atoms with Crippen molar-refractivity contribution >= 4 is 21.9 Å². The fourth-order valence-corrected chi connectivity index (χ4v) is 2.92. The van der Waals surface area contributed by atoms with E-state index in [1.54, 1.807) is 7.05 Å². The molecule has 3 rings (SSSR count). The highest BCUT2D eigenvalue weighted by Gasteiger charge is 2.43. The van der Waals surface area contributed by atoms with E-state index in [1.165, 1.54) is 5.06 Å². The smallest absolute Gasteiger partial charge is 0.218 e. The number of ether oxygens (including phenoxy) is 2. The molecule has 2 aliphatic rings. The molecule has 7 heteroatoms. The summed E-state index contributed by atoms with van der Waals surface area (Å²) in [5.41, 5.74) is 5.94. The molecule has 2 N–H and O–H groups in total. The van der Waals surface area contributed by atoms with Crippen molar-refractivity contribution in [1.29, 1.82) is 0 Å². The molecular weight excluding hydrogens is 338 g/mol. The van der Waals surface area contributed by atoms with Gasteiger partial charge in [-0.3, -0.25) is 0 Å². The molecule has 0 aromatic heterocycles. The molecule has 0 aliphatic carbocycles. The van der Waals surface area contributed by atoms with Gasteiger partial charge in [0, 0.05) is 17.9 Å². The van der Waals surface area contributed by atoms with Gasteiger partial charge in [-0.1, -0.05) is 15.9 Å². The predicted octanol–water partition coefficient (Wildman–Crippen LogP) is 2.33. The van der Waals surface area contributed by atoms with Gasteiger partial charge in [0.1, 0.15) is 5.75 Å². The molecule has 0 radical (unpaired) electrons. The van der Waals surface area contributed by atoms with Crippen LogP contribution in [0.4, 0.5) is 0 Å². The molecule has 6 nitrogen and oxygen atoms in total. The van der Waals surface area contributed by atoms with Crippen molar-refractivity contribution < 1.29 is 14.3 Å². The Labute approximate surface area is 131 Å². The monoisotopic (exact) mass is 355 g/mol. The topological polar surface area (TPSA) is 69.3 Å². The summed E-state index contributed by atoms with van der Waals surface area (Å²) in [6.07, 6.45) is 2.57. The zero-order valence-electron chi connectivity index (χ0n) is 11.8. The lowest BCUT2D eigenvalue weighted by Crippen LogP contribution is -2.32. The minimum atomic E-state index is -0.824.